The molecule has 0 aromatic heterocycles. The summed E-state index contributed by atoms with van der Waals surface area (Å²) in [5.74, 6) is 0. The Kier molecular flexibility index (Phi) is 4.07. The van der Waals surface area contributed by atoms with Crippen molar-refractivity contribution in [3.8, 4) is 0 Å². The first kappa shape index (κ1) is 14.9. The number of nitrogens with one attached hydrogen (secondary N) is 2. The van der Waals surface area contributed by atoms with Crippen LogP contribution < -0.4 is 10.0 Å². The smallest absolute Gasteiger partial charge is 0.273 e. The molecule has 20 heavy (non-hydrogen) atoms. The highest BCUT2D eigenvalue weighted by atomic mass is 32.2. The maximum absolute atomic E-state index is 12.3. The number of nitro groups is 1. The molecule has 8 heteroatoms. The van der Waals surface area contributed by atoms with E-state index in [1.54, 1.807) is 13.8 Å². The molecule has 2 N–H and O–H groups in total. The molecule has 0 spiro atoms. The number of rotatable bonds is 4. The lowest BCUT2D eigenvalue weighted by atomic mass is 10.1. The summed E-state index contributed by atoms with van der Waals surface area (Å²) in [4.78, 5) is 10.3. The Hall–Kier alpha value is -1.51. The van der Waals surface area contributed by atoms with Crippen molar-refractivity contribution in [2.75, 3.05) is 13.1 Å². The Balaban J connectivity index is 2.40. The van der Waals surface area contributed by atoms with Crippen LogP contribution >= 0.6 is 0 Å². The molecule has 0 saturated carbocycles. The Morgan fingerprint density at radius 3 is 2.60 bits per heavy atom. The van der Waals surface area contributed by atoms with Gasteiger partial charge in [0.05, 0.1) is 9.82 Å². The van der Waals surface area contributed by atoms with E-state index in [4.69, 9.17) is 0 Å². The Morgan fingerprint density at radius 1 is 1.35 bits per heavy atom. The van der Waals surface area contributed by atoms with E-state index < -0.39 is 14.9 Å². The van der Waals surface area contributed by atoms with Gasteiger partial charge in [-0.05, 0) is 38.4 Å². The highest BCUT2D eigenvalue weighted by Crippen LogP contribution is 2.26. The minimum Gasteiger partial charge on any atom is -0.315 e. The molecule has 1 aliphatic rings. The molecule has 1 heterocycles. The Morgan fingerprint density at radius 2 is 2.05 bits per heavy atom. The lowest BCUT2D eigenvalue weighted by Crippen LogP contribution is -2.36. The van der Waals surface area contributed by atoms with Gasteiger partial charge in [0.1, 0.15) is 0 Å². The maximum Gasteiger partial charge on any atom is 0.273 e. The standard InChI is InChI=1S/C12H17N3O4S/c1-8-5-9(2)12(6-11(8)15(16)17)20(18,19)14-10-3-4-13-7-10/h5-6,10,13-14H,3-4,7H2,1-2H3. The van der Waals surface area contributed by atoms with E-state index in [0.29, 0.717) is 24.1 Å². The third kappa shape index (κ3) is 2.97. The fraction of sp³-hybridized carbons (Fsp3) is 0.500. The Labute approximate surface area is 117 Å². The average Bonchev–Trinajstić information content (AvgIpc) is 2.79. The van der Waals surface area contributed by atoms with Crippen molar-refractivity contribution in [1.82, 2.24) is 10.0 Å². The van der Waals surface area contributed by atoms with Crippen molar-refractivity contribution in [3.63, 3.8) is 0 Å². The van der Waals surface area contributed by atoms with E-state index >= 15 is 0 Å². The van der Waals surface area contributed by atoms with Gasteiger partial charge in [0.15, 0.2) is 0 Å². The molecule has 1 fully saturated rings. The highest BCUT2D eigenvalue weighted by molar-refractivity contribution is 7.89. The van der Waals surface area contributed by atoms with Gasteiger partial charge in [0, 0.05) is 24.2 Å². The zero-order valence-corrected chi connectivity index (χ0v) is 12.2. The molecule has 0 radical (unpaired) electrons. The van der Waals surface area contributed by atoms with Crippen molar-refractivity contribution in [2.24, 2.45) is 0 Å². The number of benzene rings is 1. The fourth-order valence-corrected chi connectivity index (χ4v) is 3.86. The number of nitrogens with zero attached hydrogens (tertiary/aromatic N) is 1. The monoisotopic (exact) mass is 299 g/mol. The van der Waals surface area contributed by atoms with Gasteiger partial charge in [0.2, 0.25) is 10.0 Å². The number of aryl methyl sites for hydroxylation is 2. The number of nitro benzene ring substituents is 1. The average molecular weight is 299 g/mol. The SMILES string of the molecule is Cc1cc(C)c(S(=O)(=O)NC2CCNC2)cc1[N+](=O)[O-]. The summed E-state index contributed by atoms with van der Waals surface area (Å²) in [6.07, 6.45) is 0.715. The maximum atomic E-state index is 12.3. The van der Waals surface area contributed by atoms with Gasteiger partial charge in [-0.3, -0.25) is 10.1 Å². The van der Waals surface area contributed by atoms with Gasteiger partial charge >= 0.3 is 0 Å². The predicted octanol–water partition coefficient (Wildman–Crippen LogP) is 0.852. The molecule has 110 valence electrons. The first-order chi connectivity index (χ1) is 9.31. The van der Waals surface area contributed by atoms with E-state index in [9.17, 15) is 18.5 Å². The molecule has 1 aromatic carbocycles. The van der Waals surface area contributed by atoms with Crippen molar-refractivity contribution in [2.45, 2.75) is 31.2 Å². The normalized spacial score (nSPS) is 19.2. The van der Waals surface area contributed by atoms with Crippen LogP contribution in [0.4, 0.5) is 5.69 Å². The second-order valence-electron chi connectivity index (χ2n) is 4.97. The van der Waals surface area contributed by atoms with Gasteiger partial charge in [-0.2, -0.15) is 0 Å². The van der Waals surface area contributed by atoms with Gasteiger partial charge in [-0.1, -0.05) is 0 Å². The molecule has 1 aliphatic heterocycles. The van der Waals surface area contributed by atoms with Crippen LogP contribution in [0.15, 0.2) is 17.0 Å². The summed E-state index contributed by atoms with van der Waals surface area (Å²) in [6.45, 7) is 4.57. The van der Waals surface area contributed by atoms with E-state index in [0.717, 1.165) is 12.6 Å². The van der Waals surface area contributed by atoms with Crippen LogP contribution in [-0.4, -0.2) is 32.5 Å². The third-order valence-electron chi connectivity index (χ3n) is 3.36. The molecule has 0 aliphatic carbocycles. The van der Waals surface area contributed by atoms with E-state index in [1.807, 2.05) is 0 Å². The minimum absolute atomic E-state index is 0.0262. The van der Waals surface area contributed by atoms with Crippen LogP contribution in [0.1, 0.15) is 17.5 Å². The second-order valence-corrected chi connectivity index (χ2v) is 6.65. The molecule has 1 unspecified atom stereocenters. The van der Waals surface area contributed by atoms with Gasteiger partial charge in [0.25, 0.3) is 5.69 Å². The Bertz CT molecular complexity index is 636. The largest absolute Gasteiger partial charge is 0.315 e. The van der Waals surface area contributed by atoms with Crippen LogP contribution in [0.25, 0.3) is 0 Å². The number of hydrogen-bond donors (Lipinski definition) is 2. The molecule has 1 aromatic rings. The zero-order valence-electron chi connectivity index (χ0n) is 11.3. The molecule has 1 saturated heterocycles. The van der Waals surface area contributed by atoms with Crippen LogP contribution in [0, 0.1) is 24.0 Å². The van der Waals surface area contributed by atoms with Crippen molar-refractivity contribution in [3.05, 3.63) is 33.4 Å². The summed E-state index contributed by atoms with van der Waals surface area (Å²) in [6, 6.07) is 2.49. The van der Waals surface area contributed by atoms with E-state index in [1.165, 1.54) is 6.07 Å². The molecule has 7 nitrogen and oxygen atoms in total. The first-order valence-electron chi connectivity index (χ1n) is 6.30. The van der Waals surface area contributed by atoms with E-state index in [2.05, 4.69) is 10.0 Å². The first-order valence-corrected chi connectivity index (χ1v) is 7.78. The van der Waals surface area contributed by atoms with Crippen LogP contribution in [0.2, 0.25) is 0 Å². The molecule has 1 atom stereocenters. The lowest BCUT2D eigenvalue weighted by Gasteiger charge is -2.14. The van der Waals surface area contributed by atoms with Crippen molar-refractivity contribution < 1.29 is 13.3 Å². The van der Waals surface area contributed by atoms with Crippen LogP contribution in [0.3, 0.4) is 0 Å². The van der Waals surface area contributed by atoms with Gasteiger partial charge in [-0.15, -0.1) is 0 Å². The summed E-state index contributed by atoms with van der Waals surface area (Å²) >= 11 is 0. The summed E-state index contributed by atoms with van der Waals surface area (Å²) in [5, 5.41) is 14.0. The van der Waals surface area contributed by atoms with Crippen LogP contribution in [-0.2, 0) is 10.0 Å². The van der Waals surface area contributed by atoms with Gasteiger partial charge in [-0.25, -0.2) is 13.1 Å². The van der Waals surface area contributed by atoms with E-state index in [-0.39, 0.29) is 16.6 Å². The fourth-order valence-electron chi connectivity index (χ4n) is 2.35. The topological polar surface area (TPSA) is 101 Å². The quantitative estimate of drug-likeness (QED) is 0.634. The predicted molar refractivity (Wildman–Crippen MR) is 74.2 cm³/mol. The molecular weight excluding hydrogens is 282 g/mol. The number of sulfonamides is 1. The number of hydrogen-bond acceptors (Lipinski definition) is 5. The summed E-state index contributed by atoms with van der Waals surface area (Å²) < 4.78 is 27.3. The van der Waals surface area contributed by atoms with Gasteiger partial charge < -0.3 is 5.32 Å². The highest BCUT2D eigenvalue weighted by Gasteiger charge is 2.26. The van der Waals surface area contributed by atoms with Crippen LogP contribution in [0.5, 0.6) is 0 Å². The molecule has 0 amide bonds. The lowest BCUT2D eigenvalue weighted by molar-refractivity contribution is -0.385. The molecule has 2 rings (SSSR count). The zero-order chi connectivity index (χ0) is 14.9. The van der Waals surface area contributed by atoms with Crippen molar-refractivity contribution in [1.29, 1.82) is 0 Å². The summed E-state index contributed by atoms with van der Waals surface area (Å²) in [7, 11) is -3.74. The van der Waals surface area contributed by atoms with Crippen molar-refractivity contribution >= 4 is 15.7 Å². The molecule has 0 bridgehead atoms. The third-order valence-corrected chi connectivity index (χ3v) is 5.02. The molecular formula is C12H17N3O4S. The summed E-state index contributed by atoms with van der Waals surface area (Å²) in [5.41, 5.74) is 0.779. The minimum atomic E-state index is -3.74. The second kappa shape index (κ2) is 5.47.